The van der Waals surface area contributed by atoms with Crippen LogP contribution in [0, 0.1) is 24.0 Å². The maximum absolute atomic E-state index is 12.4. The predicted octanol–water partition coefficient (Wildman–Crippen LogP) is 4.79. The van der Waals surface area contributed by atoms with Crippen molar-refractivity contribution in [2.75, 3.05) is 7.11 Å². The average Bonchev–Trinajstić information content (AvgIpc) is 2.59. The molecule has 0 aliphatic rings. The van der Waals surface area contributed by atoms with Crippen LogP contribution >= 0.6 is 0 Å². The molecule has 0 aliphatic heterocycles. The number of nitro benzene ring substituents is 1. The first kappa shape index (κ1) is 18.6. The van der Waals surface area contributed by atoms with Crippen LogP contribution in [0.15, 0.2) is 24.3 Å². The first-order valence-corrected chi connectivity index (χ1v) is 8.34. The van der Waals surface area contributed by atoms with Crippen LogP contribution < -0.4 is 0 Å². The van der Waals surface area contributed by atoms with E-state index < -0.39 is 5.97 Å². The summed E-state index contributed by atoms with van der Waals surface area (Å²) in [5.74, 6) is -0.395. The summed E-state index contributed by atoms with van der Waals surface area (Å²) in [6, 6.07) is 7.04. The van der Waals surface area contributed by atoms with Crippen molar-refractivity contribution in [1.29, 1.82) is 0 Å². The van der Waals surface area contributed by atoms with E-state index in [-0.39, 0.29) is 10.6 Å². The average molecular weight is 341 g/mol. The normalized spacial score (nSPS) is 10.6. The lowest BCUT2D eigenvalue weighted by Gasteiger charge is -2.19. The van der Waals surface area contributed by atoms with E-state index in [2.05, 4.69) is 6.07 Å². The van der Waals surface area contributed by atoms with E-state index in [1.807, 2.05) is 33.8 Å². The molecular formula is C20H23NO4. The van der Waals surface area contributed by atoms with Crippen LogP contribution in [0.4, 0.5) is 5.69 Å². The van der Waals surface area contributed by atoms with Gasteiger partial charge in [0.15, 0.2) is 0 Å². The minimum atomic E-state index is -0.395. The van der Waals surface area contributed by atoms with Gasteiger partial charge in [0.1, 0.15) is 0 Å². The van der Waals surface area contributed by atoms with Gasteiger partial charge in [-0.1, -0.05) is 19.9 Å². The number of hydrogen-bond donors (Lipinski definition) is 0. The van der Waals surface area contributed by atoms with E-state index in [1.54, 1.807) is 12.1 Å². The van der Waals surface area contributed by atoms with Gasteiger partial charge in [-0.25, -0.2) is 4.79 Å². The number of benzene rings is 2. The molecule has 2 aromatic carbocycles. The Hall–Kier alpha value is -2.69. The summed E-state index contributed by atoms with van der Waals surface area (Å²) in [5, 5.41) is 11.2. The Morgan fingerprint density at radius 3 is 2.16 bits per heavy atom. The first-order chi connectivity index (χ1) is 11.8. The second-order valence-corrected chi connectivity index (χ2v) is 6.10. The van der Waals surface area contributed by atoms with Gasteiger partial charge >= 0.3 is 5.97 Å². The lowest BCUT2D eigenvalue weighted by atomic mass is 9.85. The van der Waals surface area contributed by atoms with Gasteiger partial charge in [-0.3, -0.25) is 10.1 Å². The predicted molar refractivity (Wildman–Crippen MR) is 98.1 cm³/mol. The highest BCUT2D eigenvalue weighted by Crippen LogP contribution is 2.37. The van der Waals surface area contributed by atoms with E-state index in [1.165, 1.54) is 7.11 Å². The van der Waals surface area contributed by atoms with E-state index in [9.17, 15) is 14.9 Å². The fraction of sp³-hybridized carbons (Fsp3) is 0.350. The Morgan fingerprint density at radius 1 is 1.04 bits per heavy atom. The van der Waals surface area contributed by atoms with Crippen LogP contribution in [0.25, 0.3) is 11.1 Å². The van der Waals surface area contributed by atoms with Crippen molar-refractivity contribution in [3.8, 4) is 11.1 Å². The van der Waals surface area contributed by atoms with Crippen molar-refractivity contribution in [2.45, 2.75) is 40.5 Å². The van der Waals surface area contributed by atoms with Gasteiger partial charge < -0.3 is 4.74 Å². The van der Waals surface area contributed by atoms with E-state index in [0.717, 1.165) is 39.8 Å². The summed E-state index contributed by atoms with van der Waals surface area (Å²) < 4.78 is 4.98. The zero-order valence-electron chi connectivity index (χ0n) is 15.3. The van der Waals surface area contributed by atoms with Gasteiger partial charge in [-0.05, 0) is 66.1 Å². The highest BCUT2D eigenvalue weighted by atomic mass is 16.6. The highest BCUT2D eigenvalue weighted by molar-refractivity contribution is 5.99. The number of carbonyl (C=O) groups excluding carboxylic acids is 1. The number of carbonyl (C=O) groups is 1. The molecule has 2 rings (SSSR count). The molecule has 0 aliphatic carbocycles. The number of nitro groups is 1. The Bertz CT molecular complexity index is 840. The van der Waals surface area contributed by atoms with Gasteiger partial charge in [0.25, 0.3) is 5.69 Å². The SMILES string of the molecule is CCc1cc([N+](=O)[O-])cc(C)c1-c1c(CC)cc(C)cc1C(=O)OC. The van der Waals surface area contributed by atoms with Crippen LogP contribution in [0.1, 0.15) is 46.5 Å². The molecule has 0 amide bonds. The molecule has 2 aromatic rings. The fourth-order valence-electron chi connectivity index (χ4n) is 3.29. The minimum absolute atomic E-state index is 0.0721. The molecule has 0 radical (unpaired) electrons. The molecule has 0 saturated heterocycles. The molecule has 0 spiro atoms. The number of non-ortho nitro benzene ring substituents is 1. The standard InChI is InChI=1S/C20H23NO4/c1-6-14-8-12(3)9-17(20(22)25-5)19(14)18-13(4)10-16(21(23)24)11-15(18)7-2/h8-11H,6-7H2,1-5H3. The summed E-state index contributed by atoms with van der Waals surface area (Å²) in [5.41, 5.74) is 5.96. The van der Waals surface area contributed by atoms with E-state index >= 15 is 0 Å². The van der Waals surface area contributed by atoms with Crippen LogP contribution in [0.5, 0.6) is 0 Å². The molecular weight excluding hydrogens is 318 g/mol. The second kappa shape index (κ2) is 7.47. The van der Waals surface area contributed by atoms with Crippen LogP contribution in [0.3, 0.4) is 0 Å². The maximum atomic E-state index is 12.4. The number of ether oxygens (including phenoxy) is 1. The Labute approximate surface area is 147 Å². The van der Waals surface area contributed by atoms with E-state index in [0.29, 0.717) is 12.0 Å². The third-order valence-corrected chi connectivity index (χ3v) is 4.39. The second-order valence-electron chi connectivity index (χ2n) is 6.10. The summed E-state index contributed by atoms with van der Waals surface area (Å²) in [4.78, 5) is 23.2. The van der Waals surface area contributed by atoms with Crippen molar-refractivity contribution >= 4 is 11.7 Å². The molecule has 25 heavy (non-hydrogen) atoms. The third kappa shape index (κ3) is 3.55. The summed E-state index contributed by atoms with van der Waals surface area (Å²) in [6.07, 6.45) is 1.39. The molecule has 0 atom stereocenters. The summed E-state index contributed by atoms with van der Waals surface area (Å²) in [6.45, 7) is 7.78. The monoisotopic (exact) mass is 341 g/mol. The van der Waals surface area contributed by atoms with Crippen molar-refractivity contribution in [3.05, 3.63) is 62.2 Å². The third-order valence-electron chi connectivity index (χ3n) is 4.39. The van der Waals surface area contributed by atoms with Crippen LogP contribution in [-0.2, 0) is 17.6 Å². The Kier molecular flexibility index (Phi) is 5.57. The number of methoxy groups -OCH3 is 1. The van der Waals surface area contributed by atoms with Crippen molar-refractivity contribution in [2.24, 2.45) is 0 Å². The number of nitrogens with zero attached hydrogens (tertiary/aromatic N) is 1. The topological polar surface area (TPSA) is 69.4 Å². The Morgan fingerprint density at radius 2 is 1.64 bits per heavy atom. The minimum Gasteiger partial charge on any atom is -0.465 e. The van der Waals surface area contributed by atoms with E-state index in [4.69, 9.17) is 4.74 Å². The smallest absolute Gasteiger partial charge is 0.338 e. The quantitative estimate of drug-likeness (QED) is 0.445. The number of aryl methyl sites for hydroxylation is 4. The number of esters is 1. The molecule has 5 heteroatoms. The zero-order chi connectivity index (χ0) is 18.7. The Balaban J connectivity index is 2.90. The van der Waals surface area contributed by atoms with Gasteiger partial charge in [-0.2, -0.15) is 0 Å². The molecule has 0 saturated carbocycles. The molecule has 5 nitrogen and oxygen atoms in total. The van der Waals surface area contributed by atoms with Crippen molar-refractivity contribution in [1.82, 2.24) is 0 Å². The molecule has 0 unspecified atom stereocenters. The zero-order valence-corrected chi connectivity index (χ0v) is 15.3. The molecule has 0 fully saturated rings. The van der Waals surface area contributed by atoms with Gasteiger partial charge in [0, 0.05) is 12.1 Å². The first-order valence-electron chi connectivity index (χ1n) is 8.34. The number of hydrogen-bond acceptors (Lipinski definition) is 4. The fourth-order valence-corrected chi connectivity index (χ4v) is 3.29. The van der Waals surface area contributed by atoms with Gasteiger partial charge in [-0.15, -0.1) is 0 Å². The molecule has 0 heterocycles. The van der Waals surface area contributed by atoms with Crippen LogP contribution in [-0.4, -0.2) is 18.0 Å². The molecule has 0 aromatic heterocycles. The summed E-state index contributed by atoms with van der Waals surface area (Å²) in [7, 11) is 1.36. The highest BCUT2D eigenvalue weighted by Gasteiger charge is 2.23. The molecule has 0 bridgehead atoms. The van der Waals surface area contributed by atoms with Gasteiger partial charge in [0.2, 0.25) is 0 Å². The molecule has 132 valence electrons. The van der Waals surface area contributed by atoms with Crippen molar-refractivity contribution < 1.29 is 14.5 Å². The largest absolute Gasteiger partial charge is 0.465 e. The van der Waals surface area contributed by atoms with Crippen molar-refractivity contribution in [3.63, 3.8) is 0 Å². The van der Waals surface area contributed by atoms with Gasteiger partial charge in [0.05, 0.1) is 17.6 Å². The lowest BCUT2D eigenvalue weighted by molar-refractivity contribution is -0.384. The lowest BCUT2D eigenvalue weighted by Crippen LogP contribution is -2.09. The number of rotatable bonds is 5. The maximum Gasteiger partial charge on any atom is 0.338 e. The van der Waals surface area contributed by atoms with Crippen LogP contribution in [0.2, 0.25) is 0 Å². The molecule has 0 N–H and O–H groups in total. The summed E-state index contributed by atoms with van der Waals surface area (Å²) >= 11 is 0.